The molecule has 0 aliphatic carbocycles. The van der Waals surface area contributed by atoms with Crippen molar-refractivity contribution in [1.29, 1.82) is 0 Å². The third kappa shape index (κ3) is 0.979. The topological polar surface area (TPSA) is 14.2 Å². The number of nitrogens with zero attached hydrogens (tertiary/aromatic N) is 1. The lowest BCUT2D eigenvalue weighted by molar-refractivity contribution is 0.106. The van der Waals surface area contributed by atoms with E-state index in [1.165, 1.54) is 16.8 Å². The molecule has 0 spiro atoms. The Morgan fingerprint density at radius 1 is 1.55 bits per heavy atom. The lowest BCUT2D eigenvalue weighted by atomic mass is 10.1. The lowest BCUT2D eigenvalue weighted by Gasteiger charge is -2.14. The normalized spacial score (nSPS) is 16.5. The van der Waals surface area contributed by atoms with Gasteiger partial charge in [-0.1, -0.05) is 0 Å². The van der Waals surface area contributed by atoms with Crippen molar-refractivity contribution in [2.45, 2.75) is 20.0 Å². The molecular weight excluding hydrogens is 138 g/mol. The van der Waals surface area contributed by atoms with Crippen LogP contribution in [0.15, 0.2) is 6.20 Å². The molecular formula is C9H13NO. The molecule has 0 atom stereocenters. The second kappa shape index (κ2) is 2.38. The molecule has 2 heteroatoms. The highest BCUT2D eigenvalue weighted by atomic mass is 16.5. The van der Waals surface area contributed by atoms with Crippen LogP contribution in [0.4, 0.5) is 0 Å². The van der Waals surface area contributed by atoms with Crippen molar-refractivity contribution in [2.75, 3.05) is 6.61 Å². The van der Waals surface area contributed by atoms with E-state index in [-0.39, 0.29) is 0 Å². The molecule has 60 valence electrons. The minimum absolute atomic E-state index is 0.791. The molecule has 0 bridgehead atoms. The van der Waals surface area contributed by atoms with Crippen molar-refractivity contribution in [1.82, 2.24) is 4.57 Å². The third-order valence-electron chi connectivity index (χ3n) is 2.37. The molecule has 0 aromatic carbocycles. The molecule has 0 N–H and O–H groups in total. The van der Waals surface area contributed by atoms with Crippen LogP contribution in [0.5, 0.6) is 0 Å². The van der Waals surface area contributed by atoms with E-state index < -0.39 is 0 Å². The first-order chi connectivity index (χ1) is 5.29. The average Bonchev–Trinajstić information content (AvgIpc) is 2.30. The Balaban J connectivity index is 2.52. The molecule has 2 rings (SSSR count). The van der Waals surface area contributed by atoms with Crippen LogP contribution in [-0.2, 0) is 24.8 Å². The summed E-state index contributed by atoms with van der Waals surface area (Å²) in [6.07, 6.45) is 3.27. The smallest absolute Gasteiger partial charge is 0.0870 e. The zero-order chi connectivity index (χ0) is 7.84. The zero-order valence-corrected chi connectivity index (χ0v) is 7.05. The molecule has 0 amide bonds. The van der Waals surface area contributed by atoms with Gasteiger partial charge in [-0.3, -0.25) is 0 Å². The summed E-state index contributed by atoms with van der Waals surface area (Å²) in [6.45, 7) is 3.85. The monoisotopic (exact) mass is 151 g/mol. The van der Waals surface area contributed by atoms with E-state index in [1.54, 1.807) is 0 Å². The predicted octanol–water partition coefficient (Wildman–Crippen LogP) is 1.41. The first-order valence-corrected chi connectivity index (χ1v) is 4.00. The Morgan fingerprint density at radius 2 is 2.36 bits per heavy atom. The average molecular weight is 151 g/mol. The van der Waals surface area contributed by atoms with Gasteiger partial charge >= 0.3 is 0 Å². The van der Waals surface area contributed by atoms with Gasteiger partial charge in [-0.25, -0.2) is 0 Å². The number of rotatable bonds is 0. The first-order valence-electron chi connectivity index (χ1n) is 4.00. The minimum atomic E-state index is 0.791. The van der Waals surface area contributed by atoms with Crippen molar-refractivity contribution in [3.8, 4) is 0 Å². The van der Waals surface area contributed by atoms with Gasteiger partial charge in [0.1, 0.15) is 0 Å². The highest BCUT2D eigenvalue weighted by Gasteiger charge is 2.14. The predicted molar refractivity (Wildman–Crippen MR) is 43.5 cm³/mol. The number of hydrogen-bond acceptors (Lipinski definition) is 1. The van der Waals surface area contributed by atoms with Crippen LogP contribution in [0, 0.1) is 6.92 Å². The van der Waals surface area contributed by atoms with Crippen molar-refractivity contribution >= 4 is 0 Å². The summed E-state index contributed by atoms with van der Waals surface area (Å²) in [7, 11) is 2.08. The van der Waals surface area contributed by atoms with Gasteiger partial charge in [-0.2, -0.15) is 0 Å². The Kier molecular flexibility index (Phi) is 1.50. The van der Waals surface area contributed by atoms with Crippen LogP contribution >= 0.6 is 0 Å². The summed E-state index contributed by atoms with van der Waals surface area (Å²) in [5.74, 6) is 0. The van der Waals surface area contributed by atoms with Crippen molar-refractivity contribution in [3.05, 3.63) is 23.0 Å². The molecule has 1 aliphatic heterocycles. The number of fused-ring (bicyclic) bond motifs is 1. The number of aryl methyl sites for hydroxylation is 2. The Labute approximate surface area is 66.8 Å². The molecule has 0 radical (unpaired) electrons. The molecule has 2 nitrogen and oxygen atoms in total. The van der Waals surface area contributed by atoms with Crippen LogP contribution in [0.1, 0.15) is 16.8 Å². The Morgan fingerprint density at radius 3 is 3.09 bits per heavy atom. The summed E-state index contributed by atoms with van der Waals surface area (Å²) >= 11 is 0. The van der Waals surface area contributed by atoms with Gasteiger partial charge in [0.05, 0.1) is 13.2 Å². The molecule has 0 saturated heterocycles. The molecule has 0 fully saturated rings. The highest BCUT2D eigenvalue weighted by molar-refractivity contribution is 5.32. The summed E-state index contributed by atoms with van der Waals surface area (Å²) in [4.78, 5) is 0. The van der Waals surface area contributed by atoms with Gasteiger partial charge < -0.3 is 9.30 Å². The van der Waals surface area contributed by atoms with Crippen molar-refractivity contribution in [3.63, 3.8) is 0 Å². The van der Waals surface area contributed by atoms with E-state index in [9.17, 15) is 0 Å². The Bertz CT molecular complexity index is 249. The third-order valence-corrected chi connectivity index (χ3v) is 2.37. The number of hydrogen-bond donors (Lipinski definition) is 0. The summed E-state index contributed by atoms with van der Waals surface area (Å²) in [6, 6.07) is 0. The maximum atomic E-state index is 5.37. The summed E-state index contributed by atoms with van der Waals surface area (Å²) in [5.41, 5.74) is 4.26. The van der Waals surface area contributed by atoms with Gasteiger partial charge in [0, 0.05) is 18.9 Å². The minimum Gasteiger partial charge on any atom is -0.375 e. The van der Waals surface area contributed by atoms with Crippen LogP contribution in [-0.4, -0.2) is 11.2 Å². The Hall–Kier alpha value is -0.760. The molecule has 1 aromatic rings. The second-order valence-corrected chi connectivity index (χ2v) is 3.15. The fourth-order valence-corrected chi connectivity index (χ4v) is 1.76. The van der Waals surface area contributed by atoms with Crippen LogP contribution in [0.3, 0.4) is 0 Å². The maximum Gasteiger partial charge on any atom is 0.0870 e. The van der Waals surface area contributed by atoms with E-state index in [2.05, 4.69) is 24.7 Å². The lowest BCUT2D eigenvalue weighted by Crippen LogP contribution is -2.11. The number of aromatic nitrogens is 1. The SMILES string of the molecule is Cc1cn(C)c2c1CCOC2. The quantitative estimate of drug-likeness (QED) is 0.546. The van der Waals surface area contributed by atoms with E-state index in [0.29, 0.717) is 0 Å². The number of ether oxygens (including phenoxy) is 1. The van der Waals surface area contributed by atoms with Crippen molar-refractivity contribution < 1.29 is 4.74 Å². The van der Waals surface area contributed by atoms with Crippen LogP contribution in [0.2, 0.25) is 0 Å². The highest BCUT2D eigenvalue weighted by Crippen LogP contribution is 2.21. The molecule has 1 aromatic heterocycles. The van der Waals surface area contributed by atoms with E-state index >= 15 is 0 Å². The fraction of sp³-hybridized carbons (Fsp3) is 0.556. The zero-order valence-electron chi connectivity index (χ0n) is 7.05. The summed E-state index contributed by atoms with van der Waals surface area (Å²) in [5, 5.41) is 0. The maximum absolute atomic E-state index is 5.37. The van der Waals surface area contributed by atoms with E-state index in [4.69, 9.17) is 4.74 Å². The van der Waals surface area contributed by atoms with Crippen molar-refractivity contribution in [2.24, 2.45) is 7.05 Å². The van der Waals surface area contributed by atoms with Gasteiger partial charge in [0.25, 0.3) is 0 Å². The first kappa shape index (κ1) is 6.92. The van der Waals surface area contributed by atoms with Gasteiger partial charge in [-0.15, -0.1) is 0 Å². The van der Waals surface area contributed by atoms with Gasteiger partial charge in [0.2, 0.25) is 0 Å². The van der Waals surface area contributed by atoms with E-state index in [0.717, 1.165) is 19.6 Å². The second-order valence-electron chi connectivity index (χ2n) is 3.15. The standard InChI is InChI=1S/C9H13NO/c1-7-5-10(2)9-6-11-4-3-8(7)9/h5H,3-4,6H2,1-2H3. The molecule has 11 heavy (non-hydrogen) atoms. The van der Waals surface area contributed by atoms with Gasteiger partial charge in [-0.05, 0) is 24.5 Å². The van der Waals surface area contributed by atoms with Crippen LogP contribution in [0.25, 0.3) is 0 Å². The molecule has 0 saturated carbocycles. The largest absolute Gasteiger partial charge is 0.375 e. The van der Waals surface area contributed by atoms with Crippen LogP contribution < -0.4 is 0 Å². The molecule has 0 unspecified atom stereocenters. The van der Waals surface area contributed by atoms with Gasteiger partial charge in [0.15, 0.2) is 0 Å². The molecule has 2 heterocycles. The van der Waals surface area contributed by atoms with E-state index in [1.807, 2.05) is 0 Å². The summed E-state index contributed by atoms with van der Waals surface area (Å²) < 4.78 is 7.54. The fourth-order valence-electron chi connectivity index (χ4n) is 1.76. The molecule has 1 aliphatic rings.